The van der Waals surface area contributed by atoms with Gasteiger partial charge in [-0.2, -0.15) is 0 Å². The summed E-state index contributed by atoms with van der Waals surface area (Å²) in [6, 6.07) is 0. The van der Waals surface area contributed by atoms with Gasteiger partial charge in [0.25, 0.3) is 0 Å². The Balaban J connectivity index is 2.43. The molecule has 1 amide bonds. The van der Waals surface area contributed by atoms with E-state index >= 15 is 0 Å². The van der Waals surface area contributed by atoms with Crippen molar-refractivity contribution in [1.82, 2.24) is 9.80 Å². The number of amides is 1. The van der Waals surface area contributed by atoms with E-state index in [0.717, 1.165) is 0 Å². The normalized spacial score (nSPS) is 21.2. The molecule has 1 aliphatic rings. The molecule has 1 heterocycles. The fraction of sp³-hybridized carbons (Fsp3) is 0.800. The average molecular weight is 230 g/mol. The van der Waals surface area contributed by atoms with Crippen LogP contribution < -0.4 is 0 Å². The number of morpholine rings is 1. The number of carboxylic acid groups (broad SMARTS) is 1. The molecule has 6 heteroatoms. The summed E-state index contributed by atoms with van der Waals surface area (Å²) >= 11 is 0. The summed E-state index contributed by atoms with van der Waals surface area (Å²) in [5, 5.41) is 8.64. The monoisotopic (exact) mass is 230 g/mol. The minimum absolute atomic E-state index is 0.0173. The Morgan fingerprint density at radius 1 is 1.50 bits per heavy atom. The summed E-state index contributed by atoms with van der Waals surface area (Å²) in [6.45, 7) is 1.68. The van der Waals surface area contributed by atoms with Crippen molar-refractivity contribution < 1.29 is 19.4 Å². The zero-order valence-electron chi connectivity index (χ0n) is 9.68. The minimum atomic E-state index is -0.896. The molecule has 1 unspecified atom stereocenters. The zero-order valence-corrected chi connectivity index (χ0v) is 9.68. The summed E-state index contributed by atoms with van der Waals surface area (Å²) in [5.41, 5.74) is 0. The smallest absolute Gasteiger partial charge is 0.306 e. The van der Waals surface area contributed by atoms with Gasteiger partial charge in [0.2, 0.25) is 5.91 Å². The van der Waals surface area contributed by atoms with Gasteiger partial charge in [-0.25, -0.2) is 0 Å². The Morgan fingerprint density at radius 2 is 2.19 bits per heavy atom. The molecule has 1 saturated heterocycles. The zero-order chi connectivity index (χ0) is 12.1. The molecule has 0 aromatic carbocycles. The second kappa shape index (κ2) is 5.81. The number of rotatable bonds is 4. The second-order valence-electron chi connectivity index (χ2n) is 4.17. The highest BCUT2D eigenvalue weighted by Gasteiger charge is 2.25. The molecule has 0 saturated carbocycles. The van der Waals surface area contributed by atoms with E-state index in [9.17, 15) is 9.59 Å². The van der Waals surface area contributed by atoms with Crippen molar-refractivity contribution in [2.45, 2.75) is 12.5 Å². The summed E-state index contributed by atoms with van der Waals surface area (Å²) < 4.78 is 5.29. The highest BCUT2D eigenvalue weighted by molar-refractivity contribution is 5.78. The van der Waals surface area contributed by atoms with Gasteiger partial charge in [0.15, 0.2) is 0 Å². The average Bonchev–Trinajstić information content (AvgIpc) is 2.16. The molecule has 0 radical (unpaired) electrons. The Morgan fingerprint density at radius 3 is 2.75 bits per heavy atom. The van der Waals surface area contributed by atoms with Crippen LogP contribution in [0.5, 0.6) is 0 Å². The first-order valence-electron chi connectivity index (χ1n) is 5.25. The van der Waals surface area contributed by atoms with Crippen LogP contribution in [0.25, 0.3) is 0 Å². The maximum Gasteiger partial charge on any atom is 0.306 e. The first kappa shape index (κ1) is 12.9. The summed E-state index contributed by atoms with van der Waals surface area (Å²) in [6.07, 6.45) is -0.427. The SMILES string of the molecule is CN(C)CC(=O)N1CCOC(CC(=O)O)C1. The van der Waals surface area contributed by atoms with Gasteiger partial charge in [-0.3, -0.25) is 9.59 Å². The molecule has 0 aromatic rings. The van der Waals surface area contributed by atoms with Crippen molar-refractivity contribution >= 4 is 11.9 Å². The number of carbonyl (C=O) groups excluding carboxylic acids is 1. The molecule has 0 spiro atoms. The van der Waals surface area contributed by atoms with Crippen molar-refractivity contribution in [2.75, 3.05) is 40.3 Å². The van der Waals surface area contributed by atoms with Crippen molar-refractivity contribution in [3.8, 4) is 0 Å². The van der Waals surface area contributed by atoms with Gasteiger partial charge >= 0.3 is 5.97 Å². The molecule has 92 valence electrons. The molecule has 0 aromatic heterocycles. The number of carboxylic acids is 1. The molecule has 0 bridgehead atoms. The quantitative estimate of drug-likeness (QED) is 0.688. The van der Waals surface area contributed by atoms with Crippen LogP contribution in [0.2, 0.25) is 0 Å². The van der Waals surface area contributed by atoms with Gasteiger partial charge in [0.05, 0.1) is 25.7 Å². The lowest BCUT2D eigenvalue weighted by molar-refractivity contribution is -0.148. The maximum atomic E-state index is 11.7. The molecule has 6 nitrogen and oxygen atoms in total. The summed E-state index contributed by atoms with van der Waals surface area (Å²) in [4.78, 5) is 25.7. The van der Waals surface area contributed by atoms with Crippen LogP contribution in [0, 0.1) is 0 Å². The van der Waals surface area contributed by atoms with Crippen LogP contribution in [0.3, 0.4) is 0 Å². The van der Waals surface area contributed by atoms with Gasteiger partial charge in [-0.05, 0) is 14.1 Å². The van der Waals surface area contributed by atoms with Crippen LogP contribution in [-0.2, 0) is 14.3 Å². The number of likely N-dealkylation sites (N-methyl/N-ethyl adjacent to an activating group) is 1. The van der Waals surface area contributed by atoms with E-state index in [-0.39, 0.29) is 18.4 Å². The van der Waals surface area contributed by atoms with Gasteiger partial charge in [-0.1, -0.05) is 0 Å². The highest BCUT2D eigenvalue weighted by Crippen LogP contribution is 2.09. The summed E-state index contributed by atoms with van der Waals surface area (Å²) in [7, 11) is 3.65. The van der Waals surface area contributed by atoms with E-state index < -0.39 is 5.97 Å². The molecule has 1 N–H and O–H groups in total. The van der Waals surface area contributed by atoms with Crippen LogP contribution in [-0.4, -0.2) is 73.2 Å². The molecular formula is C10H18N2O4. The third-order valence-corrected chi connectivity index (χ3v) is 2.35. The molecular weight excluding hydrogens is 212 g/mol. The number of hydrogen-bond donors (Lipinski definition) is 1. The lowest BCUT2D eigenvalue weighted by Crippen LogP contribution is -2.48. The molecule has 1 fully saturated rings. The summed E-state index contributed by atoms with van der Waals surface area (Å²) in [5.74, 6) is -0.879. The predicted molar refractivity (Wildman–Crippen MR) is 57.1 cm³/mol. The van der Waals surface area contributed by atoms with Gasteiger partial charge < -0.3 is 19.6 Å². The van der Waals surface area contributed by atoms with E-state index in [0.29, 0.717) is 26.2 Å². The second-order valence-corrected chi connectivity index (χ2v) is 4.17. The number of aliphatic carboxylic acids is 1. The molecule has 1 aliphatic heterocycles. The molecule has 1 rings (SSSR count). The Labute approximate surface area is 94.8 Å². The maximum absolute atomic E-state index is 11.7. The van der Waals surface area contributed by atoms with Gasteiger partial charge in [-0.15, -0.1) is 0 Å². The van der Waals surface area contributed by atoms with Crippen LogP contribution in [0.15, 0.2) is 0 Å². The van der Waals surface area contributed by atoms with E-state index in [2.05, 4.69) is 0 Å². The number of ether oxygens (including phenoxy) is 1. The van der Waals surface area contributed by atoms with Gasteiger partial charge in [0.1, 0.15) is 0 Å². The van der Waals surface area contributed by atoms with Gasteiger partial charge in [0, 0.05) is 13.1 Å². The Hall–Kier alpha value is -1.14. The van der Waals surface area contributed by atoms with Crippen LogP contribution >= 0.6 is 0 Å². The molecule has 0 aliphatic carbocycles. The van der Waals surface area contributed by atoms with Crippen LogP contribution in [0.1, 0.15) is 6.42 Å². The number of nitrogens with zero attached hydrogens (tertiary/aromatic N) is 2. The topological polar surface area (TPSA) is 70.1 Å². The molecule has 16 heavy (non-hydrogen) atoms. The van der Waals surface area contributed by atoms with E-state index in [4.69, 9.17) is 9.84 Å². The first-order valence-corrected chi connectivity index (χ1v) is 5.25. The lowest BCUT2D eigenvalue weighted by atomic mass is 10.2. The van der Waals surface area contributed by atoms with E-state index in [1.165, 1.54) is 0 Å². The number of carbonyl (C=O) groups is 2. The van der Waals surface area contributed by atoms with Crippen molar-refractivity contribution in [2.24, 2.45) is 0 Å². The molecule has 1 atom stereocenters. The number of hydrogen-bond acceptors (Lipinski definition) is 4. The highest BCUT2D eigenvalue weighted by atomic mass is 16.5. The first-order chi connectivity index (χ1) is 7.49. The lowest BCUT2D eigenvalue weighted by Gasteiger charge is -2.33. The van der Waals surface area contributed by atoms with E-state index in [1.807, 2.05) is 14.1 Å². The minimum Gasteiger partial charge on any atom is -0.481 e. The third-order valence-electron chi connectivity index (χ3n) is 2.35. The predicted octanol–water partition coefficient (Wildman–Crippen LogP) is -0.750. The van der Waals surface area contributed by atoms with Crippen molar-refractivity contribution in [3.05, 3.63) is 0 Å². The fourth-order valence-corrected chi connectivity index (χ4v) is 1.63. The largest absolute Gasteiger partial charge is 0.481 e. The Bertz CT molecular complexity index is 268. The third kappa shape index (κ3) is 4.16. The van der Waals surface area contributed by atoms with E-state index in [1.54, 1.807) is 9.80 Å². The van der Waals surface area contributed by atoms with Crippen molar-refractivity contribution in [3.63, 3.8) is 0 Å². The van der Waals surface area contributed by atoms with Crippen molar-refractivity contribution in [1.29, 1.82) is 0 Å². The van der Waals surface area contributed by atoms with Crippen LogP contribution in [0.4, 0.5) is 0 Å². The fourth-order valence-electron chi connectivity index (χ4n) is 1.63. The Kier molecular flexibility index (Phi) is 4.70. The standard InChI is InChI=1S/C10H18N2O4/c1-11(2)7-9(13)12-3-4-16-8(6-12)5-10(14)15/h8H,3-7H2,1-2H3,(H,14,15).